The molecule has 17 heavy (non-hydrogen) atoms. The number of hydrogen-bond acceptors (Lipinski definition) is 2. The molecule has 1 aliphatic rings. The van der Waals surface area contributed by atoms with Crippen LogP contribution in [0.4, 0.5) is 0 Å². The molecule has 1 aromatic rings. The van der Waals surface area contributed by atoms with Gasteiger partial charge in [-0.3, -0.25) is 0 Å². The van der Waals surface area contributed by atoms with Gasteiger partial charge in [-0.1, -0.05) is 24.6 Å². The summed E-state index contributed by atoms with van der Waals surface area (Å²) in [5.74, 6) is 1.22. The Morgan fingerprint density at radius 2 is 2.18 bits per heavy atom. The molecule has 1 aliphatic heterocycles. The van der Waals surface area contributed by atoms with E-state index in [0.717, 1.165) is 34.7 Å². The molecule has 2 rings (SSSR count). The second-order valence-electron chi connectivity index (χ2n) is 5.44. The monoisotopic (exact) mass is 253 g/mol. The first-order valence-corrected chi connectivity index (χ1v) is 6.53. The number of ether oxygens (including phenoxy) is 1. The molecular weight excluding hydrogens is 234 g/mol. The molecule has 94 valence electrons. The van der Waals surface area contributed by atoms with E-state index in [0.29, 0.717) is 12.5 Å². The van der Waals surface area contributed by atoms with Crippen LogP contribution in [0.5, 0.6) is 5.75 Å². The maximum Gasteiger partial charge on any atom is 0.124 e. The molecule has 0 spiro atoms. The van der Waals surface area contributed by atoms with E-state index in [4.69, 9.17) is 22.1 Å². The van der Waals surface area contributed by atoms with Crippen molar-refractivity contribution in [1.82, 2.24) is 0 Å². The van der Waals surface area contributed by atoms with E-state index in [2.05, 4.69) is 20.8 Å². The molecule has 0 aliphatic carbocycles. The molecule has 0 amide bonds. The molecule has 2 nitrogen and oxygen atoms in total. The van der Waals surface area contributed by atoms with Gasteiger partial charge in [0.25, 0.3) is 0 Å². The lowest BCUT2D eigenvalue weighted by Gasteiger charge is -2.33. The smallest absolute Gasteiger partial charge is 0.124 e. The number of halogens is 1. The van der Waals surface area contributed by atoms with E-state index in [1.54, 1.807) is 0 Å². The highest BCUT2D eigenvalue weighted by Gasteiger charge is 2.28. The van der Waals surface area contributed by atoms with Crippen molar-refractivity contribution in [1.29, 1.82) is 0 Å². The van der Waals surface area contributed by atoms with E-state index >= 15 is 0 Å². The van der Waals surface area contributed by atoms with Crippen LogP contribution in [0.3, 0.4) is 0 Å². The Hall–Kier alpha value is -0.730. The summed E-state index contributed by atoms with van der Waals surface area (Å²) in [6.45, 7) is 6.94. The van der Waals surface area contributed by atoms with E-state index in [9.17, 15) is 0 Å². The predicted molar refractivity (Wildman–Crippen MR) is 71.9 cm³/mol. The molecule has 1 aromatic carbocycles. The highest BCUT2D eigenvalue weighted by atomic mass is 35.5. The van der Waals surface area contributed by atoms with Crippen molar-refractivity contribution in [2.45, 2.75) is 45.1 Å². The minimum absolute atomic E-state index is 0.0860. The predicted octanol–water partition coefficient (Wildman–Crippen LogP) is 3.51. The highest BCUT2D eigenvalue weighted by molar-refractivity contribution is 6.32. The van der Waals surface area contributed by atoms with Gasteiger partial charge >= 0.3 is 0 Å². The maximum absolute atomic E-state index is 6.46. The number of rotatable bonds is 2. The van der Waals surface area contributed by atoms with Gasteiger partial charge < -0.3 is 10.5 Å². The van der Waals surface area contributed by atoms with Gasteiger partial charge in [0.2, 0.25) is 0 Å². The van der Waals surface area contributed by atoms with Crippen LogP contribution in [0.2, 0.25) is 5.02 Å². The zero-order chi connectivity index (χ0) is 12.6. The van der Waals surface area contributed by atoms with Crippen molar-refractivity contribution < 1.29 is 4.74 Å². The zero-order valence-corrected chi connectivity index (χ0v) is 11.5. The third kappa shape index (κ3) is 2.43. The molecule has 0 aromatic heterocycles. The van der Waals surface area contributed by atoms with Gasteiger partial charge in [-0.05, 0) is 50.8 Å². The molecule has 1 heterocycles. The van der Waals surface area contributed by atoms with Crippen molar-refractivity contribution in [2.75, 3.05) is 6.54 Å². The van der Waals surface area contributed by atoms with Gasteiger partial charge in [0.05, 0.1) is 5.02 Å². The fraction of sp³-hybridized carbons (Fsp3) is 0.571. The minimum Gasteiger partial charge on any atom is -0.488 e. The van der Waals surface area contributed by atoms with Gasteiger partial charge in [-0.15, -0.1) is 0 Å². The van der Waals surface area contributed by atoms with Crippen molar-refractivity contribution in [2.24, 2.45) is 5.73 Å². The standard InChI is InChI=1S/C14H20ClNO/c1-9(8-16)10-4-5-12-11(13(10)15)6-7-14(2,3)17-12/h4-5,9H,6-8,16H2,1-3H3. The third-order valence-corrected chi connectivity index (χ3v) is 3.92. The van der Waals surface area contributed by atoms with E-state index in [1.807, 2.05) is 12.1 Å². The fourth-order valence-electron chi connectivity index (χ4n) is 2.23. The minimum atomic E-state index is -0.0860. The Kier molecular flexibility index (Phi) is 3.37. The topological polar surface area (TPSA) is 35.2 Å². The summed E-state index contributed by atoms with van der Waals surface area (Å²) in [5, 5.41) is 0.843. The van der Waals surface area contributed by atoms with Crippen molar-refractivity contribution in [3.63, 3.8) is 0 Å². The van der Waals surface area contributed by atoms with Gasteiger partial charge in [-0.25, -0.2) is 0 Å². The van der Waals surface area contributed by atoms with Gasteiger partial charge in [0.15, 0.2) is 0 Å². The Morgan fingerprint density at radius 1 is 1.47 bits per heavy atom. The van der Waals surface area contributed by atoms with Crippen molar-refractivity contribution in [3.05, 3.63) is 28.3 Å². The average molecular weight is 254 g/mol. The third-order valence-electron chi connectivity index (χ3n) is 3.48. The van der Waals surface area contributed by atoms with Crippen LogP contribution < -0.4 is 10.5 Å². The molecule has 0 saturated heterocycles. The molecule has 1 atom stereocenters. The van der Waals surface area contributed by atoms with Crippen LogP contribution in [-0.2, 0) is 6.42 Å². The highest BCUT2D eigenvalue weighted by Crippen LogP contribution is 2.40. The van der Waals surface area contributed by atoms with Crippen LogP contribution >= 0.6 is 11.6 Å². The lowest BCUT2D eigenvalue weighted by molar-refractivity contribution is 0.0847. The number of fused-ring (bicyclic) bond motifs is 1. The Bertz CT molecular complexity index is 428. The molecule has 0 radical (unpaired) electrons. The summed E-state index contributed by atoms with van der Waals surface area (Å²) in [5.41, 5.74) is 7.89. The summed E-state index contributed by atoms with van der Waals surface area (Å²) < 4.78 is 5.95. The Balaban J connectivity index is 2.41. The molecule has 3 heteroatoms. The largest absolute Gasteiger partial charge is 0.488 e. The number of benzene rings is 1. The van der Waals surface area contributed by atoms with E-state index in [1.165, 1.54) is 0 Å². The summed E-state index contributed by atoms with van der Waals surface area (Å²) in [4.78, 5) is 0. The van der Waals surface area contributed by atoms with Crippen LogP contribution in [0.15, 0.2) is 12.1 Å². The fourth-order valence-corrected chi connectivity index (χ4v) is 2.67. The van der Waals surface area contributed by atoms with Gasteiger partial charge in [-0.2, -0.15) is 0 Å². The van der Waals surface area contributed by atoms with Gasteiger partial charge in [0.1, 0.15) is 11.4 Å². The zero-order valence-electron chi connectivity index (χ0n) is 10.7. The maximum atomic E-state index is 6.46. The van der Waals surface area contributed by atoms with Crippen molar-refractivity contribution in [3.8, 4) is 5.75 Å². The summed E-state index contributed by atoms with van der Waals surface area (Å²) in [6, 6.07) is 4.07. The Morgan fingerprint density at radius 3 is 2.82 bits per heavy atom. The van der Waals surface area contributed by atoms with Crippen LogP contribution in [0.1, 0.15) is 44.2 Å². The molecule has 2 N–H and O–H groups in total. The number of hydrogen-bond donors (Lipinski definition) is 1. The normalized spacial score (nSPS) is 19.4. The van der Waals surface area contributed by atoms with E-state index in [-0.39, 0.29) is 5.60 Å². The Labute approximate surface area is 108 Å². The quantitative estimate of drug-likeness (QED) is 0.876. The van der Waals surface area contributed by atoms with Crippen molar-refractivity contribution >= 4 is 11.6 Å². The lowest BCUT2D eigenvalue weighted by atomic mass is 9.91. The molecule has 1 unspecified atom stereocenters. The first-order chi connectivity index (χ1) is 7.94. The van der Waals surface area contributed by atoms with Crippen LogP contribution in [-0.4, -0.2) is 12.1 Å². The van der Waals surface area contributed by atoms with Crippen LogP contribution in [0, 0.1) is 0 Å². The first-order valence-electron chi connectivity index (χ1n) is 6.15. The molecular formula is C14H20ClNO. The first kappa shape index (κ1) is 12.7. The molecule has 0 fully saturated rings. The summed E-state index contributed by atoms with van der Waals surface area (Å²) in [7, 11) is 0. The number of nitrogens with two attached hydrogens (primary N) is 1. The van der Waals surface area contributed by atoms with Crippen LogP contribution in [0.25, 0.3) is 0 Å². The van der Waals surface area contributed by atoms with E-state index < -0.39 is 0 Å². The molecule has 0 bridgehead atoms. The summed E-state index contributed by atoms with van der Waals surface area (Å²) in [6.07, 6.45) is 1.98. The second kappa shape index (κ2) is 4.51. The summed E-state index contributed by atoms with van der Waals surface area (Å²) >= 11 is 6.46. The average Bonchev–Trinajstić information content (AvgIpc) is 2.27. The SMILES string of the molecule is CC(CN)c1ccc2c(c1Cl)CCC(C)(C)O2. The molecule has 0 saturated carbocycles. The second-order valence-corrected chi connectivity index (χ2v) is 5.82. The lowest BCUT2D eigenvalue weighted by Crippen LogP contribution is -2.32. The van der Waals surface area contributed by atoms with Gasteiger partial charge in [0, 0.05) is 5.56 Å².